The highest BCUT2D eigenvalue weighted by molar-refractivity contribution is 5.68. The Hall–Kier alpha value is -1.66. The highest BCUT2D eigenvalue weighted by Gasteiger charge is 2.39. The lowest BCUT2D eigenvalue weighted by atomic mass is 9.96. The number of hydrogen-bond donors (Lipinski definition) is 1. The standard InChI is InChI=1S/C15H20FNO4/c1-15(21-9-14(18)19)10-17(11-15)7-2-8-20-13-5-3-12(16)4-6-13/h3-6H,2,7-11H2,1H3,(H,18,19). The van der Waals surface area contributed by atoms with E-state index in [0.29, 0.717) is 12.4 Å². The van der Waals surface area contributed by atoms with E-state index in [-0.39, 0.29) is 18.0 Å². The average Bonchev–Trinajstić information content (AvgIpc) is 2.41. The Morgan fingerprint density at radius 2 is 2.05 bits per heavy atom. The zero-order valence-corrected chi connectivity index (χ0v) is 12.0. The fraction of sp³-hybridized carbons (Fsp3) is 0.533. The third-order valence-electron chi connectivity index (χ3n) is 3.36. The molecule has 0 spiro atoms. The van der Waals surface area contributed by atoms with Crippen LogP contribution in [-0.4, -0.2) is 54.4 Å². The molecule has 1 fully saturated rings. The third-order valence-corrected chi connectivity index (χ3v) is 3.36. The molecule has 116 valence electrons. The number of carboxylic acid groups (broad SMARTS) is 1. The molecule has 21 heavy (non-hydrogen) atoms. The summed E-state index contributed by atoms with van der Waals surface area (Å²) in [7, 11) is 0. The van der Waals surface area contributed by atoms with Gasteiger partial charge in [-0.2, -0.15) is 0 Å². The molecule has 0 aromatic heterocycles. The van der Waals surface area contributed by atoms with Gasteiger partial charge in [-0.05, 0) is 37.6 Å². The number of rotatable bonds is 8. The van der Waals surface area contributed by atoms with Crippen molar-refractivity contribution in [3.05, 3.63) is 30.1 Å². The molecule has 1 aromatic carbocycles. The first-order chi connectivity index (χ1) is 9.97. The van der Waals surface area contributed by atoms with E-state index in [1.54, 1.807) is 12.1 Å². The number of likely N-dealkylation sites (tertiary alicyclic amines) is 1. The molecule has 1 aromatic rings. The van der Waals surface area contributed by atoms with E-state index in [4.69, 9.17) is 14.6 Å². The Labute approximate surface area is 123 Å². The van der Waals surface area contributed by atoms with Crippen LogP contribution in [0.15, 0.2) is 24.3 Å². The summed E-state index contributed by atoms with van der Waals surface area (Å²) in [5.41, 5.74) is -0.351. The van der Waals surface area contributed by atoms with Crippen molar-refractivity contribution in [2.45, 2.75) is 18.9 Å². The molecule has 6 heteroatoms. The molecule has 1 N–H and O–H groups in total. The van der Waals surface area contributed by atoms with Crippen LogP contribution in [0.2, 0.25) is 0 Å². The second kappa shape index (κ2) is 6.87. The van der Waals surface area contributed by atoms with Gasteiger partial charge in [-0.15, -0.1) is 0 Å². The summed E-state index contributed by atoms with van der Waals surface area (Å²) in [6.45, 7) is 4.56. The van der Waals surface area contributed by atoms with Crippen molar-refractivity contribution >= 4 is 5.97 Å². The Kier molecular flexibility index (Phi) is 5.14. The zero-order valence-electron chi connectivity index (χ0n) is 12.0. The number of halogens is 1. The van der Waals surface area contributed by atoms with Gasteiger partial charge in [-0.3, -0.25) is 4.90 Å². The Morgan fingerprint density at radius 3 is 2.67 bits per heavy atom. The summed E-state index contributed by atoms with van der Waals surface area (Å²) in [5, 5.41) is 8.58. The first kappa shape index (κ1) is 15.7. The quantitative estimate of drug-likeness (QED) is 0.741. The predicted molar refractivity (Wildman–Crippen MR) is 74.9 cm³/mol. The van der Waals surface area contributed by atoms with Gasteiger partial charge in [0.2, 0.25) is 0 Å². The molecular formula is C15H20FNO4. The molecule has 5 nitrogen and oxygen atoms in total. The normalized spacial score (nSPS) is 17.2. The zero-order chi connectivity index (χ0) is 15.3. The second-order valence-corrected chi connectivity index (χ2v) is 5.50. The van der Waals surface area contributed by atoms with E-state index >= 15 is 0 Å². The van der Waals surface area contributed by atoms with Crippen molar-refractivity contribution in [1.29, 1.82) is 0 Å². The Bertz CT molecular complexity index is 471. The minimum absolute atomic E-state index is 0.252. The number of hydrogen-bond acceptors (Lipinski definition) is 4. The third kappa shape index (κ3) is 4.99. The fourth-order valence-electron chi connectivity index (χ4n) is 2.39. The van der Waals surface area contributed by atoms with Crippen LogP contribution >= 0.6 is 0 Å². The van der Waals surface area contributed by atoms with Gasteiger partial charge >= 0.3 is 5.97 Å². The molecule has 1 saturated heterocycles. The van der Waals surface area contributed by atoms with Gasteiger partial charge in [0.15, 0.2) is 0 Å². The predicted octanol–water partition coefficient (Wildman–Crippen LogP) is 1.77. The first-order valence-electron chi connectivity index (χ1n) is 6.93. The van der Waals surface area contributed by atoms with Crippen molar-refractivity contribution in [2.24, 2.45) is 0 Å². The minimum Gasteiger partial charge on any atom is -0.494 e. The number of nitrogens with zero attached hydrogens (tertiary/aromatic N) is 1. The summed E-state index contributed by atoms with van der Waals surface area (Å²) >= 11 is 0. The molecular weight excluding hydrogens is 277 g/mol. The molecule has 0 atom stereocenters. The average molecular weight is 297 g/mol. The summed E-state index contributed by atoms with van der Waals surface area (Å²) in [4.78, 5) is 12.6. The highest BCUT2D eigenvalue weighted by atomic mass is 19.1. The van der Waals surface area contributed by atoms with Crippen LogP contribution in [0.3, 0.4) is 0 Å². The van der Waals surface area contributed by atoms with Crippen LogP contribution in [0, 0.1) is 5.82 Å². The van der Waals surface area contributed by atoms with Crippen molar-refractivity contribution in [1.82, 2.24) is 4.90 Å². The second-order valence-electron chi connectivity index (χ2n) is 5.50. The molecule has 0 radical (unpaired) electrons. The number of aliphatic carboxylic acids is 1. The van der Waals surface area contributed by atoms with Crippen molar-refractivity contribution in [3.8, 4) is 5.75 Å². The van der Waals surface area contributed by atoms with E-state index in [9.17, 15) is 9.18 Å². The maximum absolute atomic E-state index is 12.7. The number of benzene rings is 1. The lowest BCUT2D eigenvalue weighted by molar-refractivity contribution is -0.164. The van der Waals surface area contributed by atoms with Crippen LogP contribution in [0.5, 0.6) is 5.75 Å². The van der Waals surface area contributed by atoms with Crippen LogP contribution in [-0.2, 0) is 9.53 Å². The van der Waals surface area contributed by atoms with Crippen LogP contribution in [0.25, 0.3) is 0 Å². The van der Waals surface area contributed by atoms with Crippen molar-refractivity contribution in [2.75, 3.05) is 32.8 Å². The smallest absolute Gasteiger partial charge is 0.329 e. The van der Waals surface area contributed by atoms with E-state index in [2.05, 4.69) is 4.90 Å². The monoisotopic (exact) mass is 297 g/mol. The van der Waals surface area contributed by atoms with Gasteiger partial charge in [0.1, 0.15) is 18.2 Å². The topological polar surface area (TPSA) is 59.0 Å². The molecule has 1 aliphatic heterocycles. The maximum atomic E-state index is 12.7. The number of carboxylic acids is 1. The summed E-state index contributed by atoms with van der Waals surface area (Å²) in [5.74, 6) is -0.555. The number of ether oxygens (including phenoxy) is 2. The lowest BCUT2D eigenvalue weighted by Gasteiger charge is -2.47. The fourth-order valence-corrected chi connectivity index (χ4v) is 2.39. The molecule has 0 bridgehead atoms. The molecule has 0 amide bonds. The van der Waals surface area contributed by atoms with Crippen LogP contribution < -0.4 is 4.74 Å². The van der Waals surface area contributed by atoms with Crippen molar-refractivity contribution < 1.29 is 23.8 Å². The van der Waals surface area contributed by atoms with E-state index in [1.807, 2.05) is 6.92 Å². The SMILES string of the molecule is CC1(OCC(=O)O)CN(CCCOc2ccc(F)cc2)C1. The molecule has 0 aliphatic carbocycles. The van der Waals surface area contributed by atoms with Gasteiger partial charge in [-0.25, -0.2) is 9.18 Å². The van der Waals surface area contributed by atoms with Gasteiger partial charge in [0.25, 0.3) is 0 Å². The molecule has 0 saturated carbocycles. The van der Waals surface area contributed by atoms with E-state index in [1.165, 1.54) is 12.1 Å². The van der Waals surface area contributed by atoms with Crippen LogP contribution in [0.1, 0.15) is 13.3 Å². The first-order valence-corrected chi connectivity index (χ1v) is 6.93. The number of carbonyl (C=O) groups is 1. The molecule has 0 unspecified atom stereocenters. The molecule has 1 heterocycles. The largest absolute Gasteiger partial charge is 0.494 e. The van der Waals surface area contributed by atoms with Gasteiger partial charge in [0, 0.05) is 19.6 Å². The summed E-state index contributed by atoms with van der Waals surface area (Å²) in [6.07, 6.45) is 0.854. The summed E-state index contributed by atoms with van der Waals surface area (Å²) in [6, 6.07) is 5.96. The summed E-state index contributed by atoms with van der Waals surface area (Å²) < 4.78 is 23.6. The Morgan fingerprint density at radius 1 is 1.38 bits per heavy atom. The van der Waals surface area contributed by atoms with Gasteiger partial charge < -0.3 is 14.6 Å². The maximum Gasteiger partial charge on any atom is 0.329 e. The minimum atomic E-state index is -0.942. The van der Waals surface area contributed by atoms with E-state index < -0.39 is 5.97 Å². The van der Waals surface area contributed by atoms with Gasteiger partial charge in [-0.1, -0.05) is 0 Å². The van der Waals surface area contributed by atoms with Crippen molar-refractivity contribution in [3.63, 3.8) is 0 Å². The van der Waals surface area contributed by atoms with Gasteiger partial charge in [0.05, 0.1) is 12.2 Å². The van der Waals surface area contributed by atoms with Crippen LogP contribution in [0.4, 0.5) is 4.39 Å². The highest BCUT2D eigenvalue weighted by Crippen LogP contribution is 2.24. The lowest BCUT2D eigenvalue weighted by Crippen LogP contribution is -2.61. The van der Waals surface area contributed by atoms with E-state index in [0.717, 1.165) is 26.1 Å². The molecule has 1 aliphatic rings. The Balaban J connectivity index is 1.57. The molecule has 2 rings (SSSR count).